The Balaban J connectivity index is 2.86. The van der Waals surface area contributed by atoms with E-state index in [9.17, 15) is 5.11 Å². The van der Waals surface area contributed by atoms with Crippen molar-refractivity contribution < 1.29 is 5.11 Å². The molecular weight excluding hydrogens is 198 g/mol. The van der Waals surface area contributed by atoms with E-state index in [1.165, 1.54) is 0 Å². The average molecular weight is 215 g/mol. The lowest BCUT2D eigenvalue weighted by Crippen LogP contribution is -2.15. The number of aromatic nitrogens is 2. The Hall–Kier alpha value is -0.680. The highest BCUT2D eigenvalue weighted by Crippen LogP contribution is 2.31. The lowest BCUT2D eigenvalue weighted by Gasteiger charge is -2.14. The van der Waals surface area contributed by atoms with Crippen LogP contribution >= 0.6 is 11.8 Å². The van der Waals surface area contributed by atoms with E-state index >= 15 is 0 Å². The number of aliphatic hydroxyl groups is 1. The van der Waals surface area contributed by atoms with Gasteiger partial charge in [-0.15, -0.1) is 0 Å². The van der Waals surface area contributed by atoms with E-state index < -0.39 is 0 Å². The van der Waals surface area contributed by atoms with Gasteiger partial charge in [0, 0.05) is 12.3 Å². The highest BCUT2D eigenvalue weighted by molar-refractivity contribution is 8.00. The summed E-state index contributed by atoms with van der Waals surface area (Å²) in [6.07, 6.45) is -0.352. The zero-order valence-corrected chi connectivity index (χ0v) is 9.80. The summed E-state index contributed by atoms with van der Waals surface area (Å²) in [5, 5.41) is 14.6. The Morgan fingerprint density at radius 3 is 2.43 bits per heavy atom. The lowest BCUT2D eigenvalue weighted by atomic mass is 10.3. The smallest absolute Gasteiger partial charge is 0.117 e. The van der Waals surface area contributed by atoms with Crippen molar-refractivity contribution in [2.24, 2.45) is 7.05 Å². The molecule has 5 heteroatoms. The summed E-state index contributed by atoms with van der Waals surface area (Å²) in [6.45, 7) is 5.63. The predicted molar refractivity (Wildman–Crippen MR) is 59.4 cm³/mol. The fourth-order valence-corrected chi connectivity index (χ4v) is 2.08. The standard InChI is InChI=1S/C9H17N3OS/c1-5-8(10)9(12(4)11-5)14-7(3)6(2)13/h6-7,13H,10H2,1-4H3. The average Bonchev–Trinajstić information content (AvgIpc) is 2.32. The summed E-state index contributed by atoms with van der Waals surface area (Å²) >= 11 is 1.55. The molecule has 14 heavy (non-hydrogen) atoms. The van der Waals surface area contributed by atoms with E-state index in [2.05, 4.69) is 5.10 Å². The van der Waals surface area contributed by atoms with Gasteiger partial charge in [0.05, 0.1) is 17.5 Å². The summed E-state index contributed by atoms with van der Waals surface area (Å²) in [4.78, 5) is 0. The number of nitrogen functional groups attached to an aromatic ring is 1. The maximum Gasteiger partial charge on any atom is 0.117 e. The molecule has 0 fully saturated rings. The van der Waals surface area contributed by atoms with Crippen LogP contribution in [-0.4, -0.2) is 26.2 Å². The van der Waals surface area contributed by atoms with Crippen molar-refractivity contribution in [2.75, 3.05) is 5.73 Å². The van der Waals surface area contributed by atoms with Crippen molar-refractivity contribution >= 4 is 17.4 Å². The van der Waals surface area contributed by atoms with E-state index in [0.717, 1.165) is 10.7 Å². The largest absolute Gasteiger partial charge is 0.395 e. The van der Waals surface area contributed by atoms with E-state index in [1.807, 2.05) is 20.9 Å². The molecule has 2 atom stereocenters. The Labute approximate surface area is 88.5 Å². The lowest BCUT2D eigenvalue weighted by molar-refractivity contribution is 0.196. The third-order valence-corrected chi connectivity index (χ3v) is 3.66. The summed E-state index contributed by atoms with van der Waals surface area (Å²) in [5.41, 5.74) is 7.42. The molecule has 0 aliphatic carbocycles. The normalized spacial score (nSPS) is 15.5. The van der Waals surface area contributed by atoms with Crippen LogP contribution in [0.25, 0.3) is 0 Å². The van der Waals surface area contributed by atoms with Crippen LogP contribution in [-0.2, 0) is 7.05 Å². The van der Waals surface area contributed by atoms with Gasteiger partial charge in [-0.2, -0.15) is 5.10 Å². The first-order valence-electron chi connectivity index (χ1n) is 4.57. The molecule has 0 aromatic carbocycles. The molecule has 0 spiro atoms. The van der Waals surface area contributed by atoms with Gasteiger partial charge in [0.2, 0.25) is 0 Å². The second-order valence-corrected chi connectivity index (χ2v) is 4.86. The minimum absolute atomic E-state index is 0.118. The van der Waals surface area contributed by atoms with Crippen molar-refractivity contribution in [1.82, 2.24) is 9.78 Å². The Morgan fingerprint density at radius 1 is 1.50 bits per heavy atom. The zero-order chi connectivity index (χ0) is 10.9. The van der Waals surface area contributed by atoms with Crippen molar-refractivity contribution in [2.45, 2.75) is 37.2 Å². The summed E-state index contributed by atoms with van der Waals surface area (Å²) in [6, 6.07) is 0. The summed E-state index contributed by atoms with van der Waals surface area (Å²) in [7, 11) is 1.86. The van der Waals surface area contributed by atoms with Crippen LogP contribution in [0.1, 0.15) is 19.5 Å². The number of nitrogens with zero attached hydrogens (tertiary/aromatic N) is 2. The van der Waals surface area contributed by atoms with Crippen LogP contribution < -0.4 is 5.73 Å². The van der Waals surface area contributed by atoms with Gasteiger partial charge in [-0.3, -0.25) is 4.68 Å². The van der Waals surface area contributed by atoms with Crippen LogP contribution in [0, 0.1) is 6.92 Å². The molecule has 3 N–H and O–H groups in total. The van der Waals surface area contributed by atoms with Gasteiger partial charge in [0.25, 0.3) is 0 Å². The maximum atomic E-state index is 9.38. The van der Waals surface area contributed by atoms with Gasteiger partial charge in [0.1, 0.15) is 5.03 Å². The molecule has 0 amide bonds. The zero-order valence-electron chi connectivity index (χ0n) is 8.98. The van der Waals surface area contributed by atoms with E-state index in [4.69, 9.17) is 5.73 Å². The SMILES string of the molecule is Cc1nn(C)c(SC(C)C(C)O)c1N. The van der Waals surface area contributed by atoms with Crippen molar-refractivity contribution in [1.29, 1.82) is 0 Å². The number of rotatable bonds is 3. The maximum absolute atomic E-state index is 9.38. The minimum atomic E-state index is -0.352. The first kappa shape index (κ1) is 11.4. The summed E-state index contributed by atoms with van der Waals surface area (Å²) in [5.74, 6) is 0. The van der Waals surface area contributed by atoms with Crippen LogP contribution in [0.15, 0.2) is 5.03 Å². The van der Waals surface area contributed by atoms with Gasteiger partial charge >= 0.3 is 0 Å². The van der Waals surface area contributed by atoms with E-state index in [-0.39, 0.29) is 11.4 Å². The van der Waals surface area contributed by atoms with Crippen molar-refractivity contribution in [3.05, 3.63) is 5.69 Å². The number of thioether (sulfide) groups is 1. The first-order valence-corrected chi connectivity index (χ1v) is 5.45. The molecule has 4 nitrogen and oxygen atoms in total. The number of nitrogens with two attached hydrogens (primary N) is 1. The molecule has 0 aliphatic rings. The van der Waals surface area contributed by atoms with Gasteiger partial charge in [-0.1, -0.05) is 18.7 Å². The fraction of sp³-hybridized carbons (Fsp3) is 0.667. The molecule has 0 aliphatic heterocycles. The van der Waals surface area contributed by atoms with Crippen LogP contribution in [0.3, 0.4) is 0 Å². The predicted octanol–water partition coefficient (Wildman–Crippen LogP) is 1.17. The van der Waals surface area contributed by atoms with E-state index in [1.54, 1.807) is 23.4 Å². The number of hydrogen-bond acceptors (Lipinski definition) is 4. The Morgan fingerprint density at radius 2 is 2.07 bits per heavy atom. The number of anilines is 1. The molecule has 0 saturated heterocycles. The highest BCUT2D eigenvalue weighted by Gasteiger charge is 2.16. The third kappa shape index (κ3) is 2.22. The van der Waals surface area contributed by atoms with Gasteiger partial charge in [-0.05, 0) is 13.8 Å². The van der Waals surface area contributed by atoms with Gasteiger partial charge in [0.15, 0.2) is 0 Å². The fourth-order valence-electron chi connectivity index (χ4n) is 1.07. The minimum Gasteiger partial charge on any atom is -0.395 e. The van der Waals surface area contributed by atoms with Crippen LogP contribution in [0.4, 0.5) is 5.69 Å². The monoisotopic (exact) mass is 215 g/mol. The van der Waals surface area contributed by atoms with Crippen molar-refractivity contribution in [3.8, 4) is 0 Å². The van der Waals surface area contributed by atoms with Crippen LogP contribution in [0.2, 0.25) is 0 Å². The Bertz CT molecular complexity index is 322. The third-order valence-electron chi connectivity index (χ3n) is 2.19. The molecule has 0 bridgehead atoms. The summed E-state index contributed by atoms with van der Waals surface area (Å²) < 4.78 is 1.76. The molecule has 1 aromatic rings. The second-order valence-electron chi connectivity index (χ2n) is 3.49. The number of aliphatic hydroxyl groups excluding tert-OH is 1. The van der Waals surface area contributed by atoms with E-state index in [0.29, 0.717) is 5.69 Å². The molecule has 2 unspecified atom stereocenters. The molecule has 80 valence electrons. The quantitative estimate of drug-likeness (QED) is 0.743. The van der Waals surface area contributed by atoms with Crippen molar-refractivity contribution in [3.63, 3.8) is 0 Å². The first-order chi connectivity index (χ1) is 6.43. The molecule has 0 radical (unpaired) electrons. The second kappa shape index (κ2) is 4.23. The molecule has 1 aromatic heterocycles. The van der Waals surface area contributed by atoms with Gasteiger partial charge < -0.3 is 10.8 Å². The topological polar surface area (TPSA) is 64.1 Å². The highest BCUT2D eigenvalue weighted by atomic mass is 32.2. The van der Waals surface area contributed by atoms with Crippen LogP contribution in [0.5, 0.6) is 0 Å². The molecule has 0 saturated carbocycles. The Kier molecular flexibility index (Phi) is 3.44. The molecule has 1 heterocycles. The molecular formula is C9H17N3OS. The number of hydrogen-bond donors (Lipinski definition) is 2. The molecule has 1 rings (SSSR count). The number of aryl methyl sites for hydroxylation is 2. The van der Waals surface area contributed by atoms with Gasteiger partial charge in [-0.25, -0.2) is 0 Å².